The van der Waals surface area contributed by atoms with Crippen molar-refractivity contribution in [3.8, 4) is 0 Å². The molecule has 3 aromatic rings. The lowest BCUT2D eigenvalue weighted by Crippen LogP contribution is -2.39. The van der Waals surface area contributed by atoms with Crippen molar-refractivity contribution in [2.75, 3.05) is 11.4 Å². The molecule has 1 saturated heterocycles. The molecule has 2 amide bonds. The number of benzene rings is 3. The van der Waals surface area contributed by atoms with Gasteiger partial charge in [0.1, 0.15) is 0 Å². The number of hydrogen-bond donors (Lipinski definition) is 1. The van der Waals surface area contributed by atoms with Gasteiger partial charge in [0.15, 0.2) is 0 Å². The molecule has 0 aliphatic carbocycles. The number of carbonyl (C=O) groups excluding carboxylic acids is 2. The Bertz CT molecular complexity index is 1080. The topological polar surface area (TPSA) is 74.1 Å². The first-order valence-corrected chi connectivity index (χ1v) is 10.4. The summed E-state index contributed by atoms with van der Waals surface area (Å²) in [7, 11) is 0. The lowest BCUT2D eigenvalue weighted by Gasteiger charge is -2.15. The van der Waals surface area contributed by atoms with Crippen LogP contribution >= 0.6 is 11.6 Å². The van der Waals surface area contributed by atoms with Crippen LogP contribution in [-0.2, 0) is 16.0 Å². The summed E-state index contributed by atoms with van der Waals surface area (Å²) >= 11 is 5.90. The van der Waals surface area contributed by atoms with Gasteiger partial charge in [-0.15, -0.1) is 0 Å². The highest BCUT2D eigenvalue weighted by atomic mass is 35.5. The molecule has 0 aromatic heterocycles. The largest absolute Gasteiger partial charge is 0.305 e. The quantitative estimate of drug-likeness (QED) is 0.411. The van der Waals surface area contributed by atoms with Gasteiger partial charge in [0.25, 0.3) is 5.91 Å². The minimum Gasteiger partial charge on any atom is -0.305 e. The summed E-state index contributed by atoms with van der Waals surface area (Å²) in [6, 6.07) is 23.4. The van der Waals surface area contributed by atoms with Crippen LogP contribution in [0.4, 0.5) is 17.1 Å². The Balaban J connectivity index is 1.35. The zero-order valence-electron chi connectivity index (χ0n) is 16.7. The zero-order valence-corrected chi connectivity index (χ0v) is 17.5. The van der Waals surface area contributed by atoms with Gasteiger partial charge in [-0.3, -0.25) is 9.59 Å². The number of hydrogen-bond acceptors (Lipinski definition) is 5. The first-order chi connectivity index (χ1) is 15.1. The number of nitrogens with zero attached hydrogens (tertiary/aromatic N) is 3. The van der Waals surface area contributed by atoms with Gasteiger partial charge in [-0.25, -0.2) is 4.90 Å². The van der Waals surface area contributed by atoms with Crippen LogP contribution in [0.2, 0.25) is 5.02 Å². The summed E-state index contributed by atoms with van der Waals surface area (Å²) in [4.78, 5) is 26.5. The predicted molar refractivity (Wildman–Crippen MR) is 121 cm³/mol. The molecule has 1 atom stereocenters. The maximum absolute atomic E-state index is 12.8. The number of halogens is 1. The Kier molecular flexibility index (Phi) is 6.50. The van der Waals surface area contributed by atoms with E-state index in [1.165, 1.54) is 4.90 Å². The average molecular weight is 433 g/mol. The number of nitrogens with one attached hydrogen (secondary N) is 1. The van der Waals surface area contributed by atoms with Crippen LogP contribution in [-0.4, -0.2) is 24.4 Å². The van der Waals surface area contributed by atoms with Crippen LogP contribution < -0.4 is 10.2 Å². The SMILES string of the molecule is O=C1CC(NCCc2ccc(Cl)cc2)C(=O)N1c1ccc(N=Nc2ccccc2)cc1. The van der Waals surface area contributed by atoms with Crippen LogP contribution in [0.25, 0.3) is 0 Å². The van der Waals surface area contributed by atoms with Crippen molar-refractivity contribution >= 4 is 40.5 Å². The first-order valence-electron chi connectivity index (χ1n) is 10.0. The summed E-state index contributed by atoms with van der Waals surface area (Å²) in [5.74, 6) is -0.451. The fourth-order valence-electron chi connectivity index (χ4n) is 3.38. The molecule has 156 valence electrons. The first kappa shape index (κ1) is 20.9. The fraction of sp³-hybridized carbons (Fsp3) is 0.167. The van der Waals surface area contributed by atoms with Crippen LogP contribution in [0.3, 0.4) is 0 Å². The van der Waals surface area contributed by atoms with Crippen molar-refractivity contribution in [2.24, 2.45) is 10.2 Å². The molecule has 0 saturated carbocycles. The molecule has 31 heavy (non-hydrogen) atoms. The highest BCUT2D eigenvalue weighted by Crippen LogP contribution is 2.26. The molecule has 1 heterocycles. The molecular formula is C24H21ClN4O2. The van der Waals surface area contributed by atoms with E-state index in [4.69, 9.17) is 11.6 Å². The summed E-state index contributed by atoms with van der Waals surface area (Å²) in [5.41, 5.74) is 3.05. The molecule has 1 fully saturated rings. The molecule has 0 bridgehead atoms. The highest BCUT2D eigenvalue weighted by molar-refractivity contribution is 6.30. The van der Waals surface area contributed by atoms with Crippen LogP contribution in [0.15, 0.2) is 89.1 Å². The Morgan fingerprint density at radius 1 is 0.871 bits per heavy atom. The number of imide groups is 1. The summed E-state index contributed by atoms with van der Waals surface area (Å²) < 4.78 is 0. The minimum atomic E-state index is -0.516. The number of carbonyl (C=O) groups is 2. The van der Waals surface area contributed by atoms with E-state index >= 15 is 0 Å². The Hall–Kier alpha value is -3.35. The molecular weight excluding hydrogens is 412 g/mol. The van der Waals surface area contributed by atoms with Gasteiger partial charge in [-0.2, -0.15) is 10.2 Å². The normalized spacial score (nSPS) is 16.4. The van der Waals surface area contributed by atoms with Crippen molar-refractivity contribution in [1.82, 2.24) is 5.32 Å². The van der Waals surface area contributed by atoms with Crippen molar-refractivity contribution in [2.45, 2.75) is 18.9 Å². The van der Waals surface area contributed by atoms with Gasteiger partial charge in [-0.05, 0) is 67.1 Å². The van der Waals surface area contributed by atoms with E-state index in [0.717, 1.165) is 17.7 Å². The molecule has 7 heteroatoms. The lowest BCUT2D eigenvalue weighted by atomic mass is 10.1. The van der Waals surface area contributed by atoms with E-state index in [0.29, 0.717) is 22.9 Å². The van der Waals surface area contributed by atoms with E-state index in [-0.39, 0.29) is 18.2 Å². The molecule has 4 rings (SSSR count). The second-order valence-corrected chi connectivity index (χ2v) is 7.64. The van der Waals surface area contributed by atoms with Crippen molar-refractivity contribution in [3.63, 3.8) is 0 Å². The molecule has 1 aliphatic rings. The third kappa shape index (κ3) is 5.23. The van der Waals surface area contributed by atoms with Crippen molar-refractivity contribution in [1.29, 1.82) is 0 Å². The van der Waals surface area contributed by atoms with Gasteiger partial charge in [0.05, 0.1) is 29.5 Å². The maximum atomic E-state index is 12.8. The van der Waals surface area contributed by atoms with E-state index < -0.39 is 6.04 Å². The molecule has 1 aliphatic heterocycles. The van der Waals surface area contributed by atoms with Gasteiger partial charge < -0.3 is 5.32 Å². The number of anilines is 1. The van der Waals surface area contributed by atoms with Gasteiger partial charge >= 0.3 is 0 Å². The van der Waals surface area contributed by atoms with E-state index in [9.17, 15) is 9.59 Å². The summed E-state index contributed by atoms with van der Waals surface area (Å²) in [5, 5.41) is 12.2. The Morgan fingerprint density at radius 2 is 1.52 bits per heavy atom. The Morgan fingerprint density at radius 3 is 2.19 bits per heavy atom. The van der Waals surface area contributed by atoms with Gasteiger partial charge in [-0.1, -0.05) is 41.9 Å². The molecule has 1 unspecified atom stereocenters. The minimum absolute atomic E-state index is 0.148. The van der Waals surface area contributed by atoms with Crippen molar-refractivity contribution in [3.05, 3.63) is 89.4 Å². The van der Waals surface area contributed by atoms with E-state index in [1.54, 1.807) is 24.3 Å². The standard InChI is InChI=1S/C24H21ClN4O2/c25-18-8-6-17(7-9-18)14-15-26-22-16-23(30)29(24(22)31)21-12-10-20(11-13-21)28-27-19-4-2-1-3-5-19/h1-13,22,26H,14-16H2. The molecule has 0 spiro atoms. The van der Waals surface area contributed by atoms with Crippen LogP contribution in [0.5, 0.6) is 0 Å². The molecule has 1 N–H and O–H groups in total. The number of azo groups is 1. The monoisotopic (exact) mass is 432 g/mol. The van der Waals surface area contributed by atoms with E-state index in [1.807, 2.05) is 54.6 Å². The third-order valence-electron chi connectivity index (χ3n) is 5.01. The van der Waals surface area contributed by atoms with Crippen molar-refractivity contribution < 1.29 is 9.59 Å². The fourth-order valence-corrected chi connectivity index (χ4v) is 3.51. The van der Waals surface area contributed by atoms with Crippen LogP contribution in [0, 0.1) is 0 Å². The van der Waals surface area contributed by atoms with E-state index in [2.05, 4.69) is 15.5 Å². The third-order valence-corrected chi connectivity index (χ3v) is 5.26. The average Bonchev–Trinajstić information content (AvgIpc) is 3.08. The number of amides is 2. The highest BCUT2D eigenvalue weighted by Gasteiger charge is 2.39. The summed E-state index contributed by atoms with van der Waals surface area (Å²) in [6.07, 6.45) is 0.894. The van der Waals surface area contributed by atoms with Gasteiger partial charge in [0, 0.05) is 5.02 Å². The Labute approximate surface area is 185 Å². The summed E-state index contributed by atoms with van der Waals surface area (Å²) in [6.45, 7) is 0.595. The smallest absolute Gasteiger partial charge is 0.251 e. The molecule has 6 nitrogen and oxygen atoms in total. The second kappa shape index (κ2) is 9.64. The van der Waals surface area contributed by atoms with Crippen LogP contribution in [0.1, 0.15) is 12.0 Å². The number of rotatable bonds is 7. The zero-order chi connectivity index (χ0) is 21.6. The predicted octanol–water partition coefficient (Wildman–Crippen LogP) is 5.22. The second-order valence-electron chi connectivity index (χ2n) is 7.21. The van der Waals surface area contributed by atoms with Gasteiger partial charge in [0.2, 0.25) is 5.91 Å². The molecule has 3 aromatic carbocycles. The molecule has 0 radical (unpaired) electrons. The maximum Gasteiger partial charge on any atom is 0.251 e. The lowest BCUT2D eigenvalue weighted by molar-refractivity contribution is -0.121.